The van der Waals surface area contributed by atoms with Gasteiger partial charge in [-0.2, -0.15) is 0 Å². The Morgan fingerprint density at radius 2 is 1.34 bits per heavy atom. The fourth-order valence-electron chi connectivity index (χ4n) is 3.58. The third-order valence-corrected chi connectivity index (χ3v) is 7.47. The van der Waals surface area contributed by atoms with Crippen molar-refractivity contribution in [3.05, 3.63) is 17.0 Å². The number of thiophene rings is 1. The van der Waals surface area contributed by atoms with Crippen molar-refractivity contribution in [3.63, 3.8) is 0 Å². The molecule has 0 aliphatic carbocycles. The van der Waals surface area contributed by atoms with E-state index in [4.69, 9.17) is 14.0 Å². The smallest absolute Gasteiger partial charge is 0.399 e. The van der Waals surface area contributed by atoms with Crippen LogP contribution in [0.4, 0.5) is 0 Å². The van der Waals surface area contributed by atoms with E-state index in [0.717, 1.165) is 24.4 Å². The van der Waals surface area contributed by atoms with Gasteiger partial charge < -0.3 is 14.0 Å². The number of ether oxygens (including phenoxy) is 1. The number of rotatable bonds is 15. The number of hydrogen-bond donors (Lipinski definition) is 0. The largest absolute Gasteiger partial charge is 0.505 e. The van der Waals surface area contributed by atoms with Gasteiger partial charge >= 0.3 is 7.12 Å². The summed E-state index contributed by atoms with van der Waals surface area (Å²) >= 11 is 1.79. The van der Waals surface area contributed by atoms with Crippen molar-refractivity contribution in [2.24, 2.45) is 0 Å². The van der Waals surface area contributed by atoms with Crippen molar-refractivity contribution in [1.82, 2.24) is 0 Å². The summed E-state index contributed by atoms with van der Waals surface area (Å²) in [5.74, 6) is 0. The SMILES string of the molecule is CCCCCCCCCCCCOCCc1ccc(B2OC(C)(C)C(C)(C)O2)s1. The maximum atomic E-state index is 6.14. The molecule has 5 heteroatoms. The van der Waals surface area contributed by atoms with Crippen LogP contribution in [0.2, 0.25) is 0 Å². The Hall–Kier alpha value is -0.355. The second kappa shape index (κ2) is 12.5. The molecule has 0 bridgehead atoms. The monoisotopic (exact) mass is 422 g/mol. The summed E-state index contributed by atoms with van der Waals surface area (Å²) < 4.78 is 19.3. The summed E-state index contributed by atoms with van der Waals surface area (Å²) in [4.78, 5) is 1.35. The molecule has 0 atom stereocenters. The van der Waals surface area contributed by atoms with Gasteiger partial charge in [0.1, 0.15) is 0 Å². The predicted molar refractivity (Wildman–Crippen MR) is 126 cm³/mol. The van der Waals surface area contributed by atoms with Crippen molar-refractivity contribution < 1.29 is 14.0 Å². The first-order valence-corrected chi connectivity index (χ1v) is 12.7. The van der Waals surface area contributed by atoms with E-state index < -0.39 is 0 Å². The lowest BCUT2D eigenvalue weighted by atomic mass is 9.88. The van der Waals surface area contributed by atoms with Crippen LogP contribution in [0.5, 0.6) is 0 Å². The van der Waals surface area contributed by atoms with E-state index >= 15 is 0 Å². The zero-order valence-corrected chi connectivity index (χ0v) is 20.4. The van der Waals surface area contributed by atoms with Crippen molar-refractivity contribution >= 4 is 23.2 Å². The van der Waals surface area contributed by atoms with Gasteiger partial charge in [-0.3, -0.25) is 0 Å². The van der Waals surface area contributed by atoms with E-state index in [2.05, 4.69) is 46.8 Å². The molecular weight excluding hydrogens is 379 g/mol. The quantitative estimate of drug-likeness (QED) is 0.238. The lowest BCUT2D eigenvalue weighted by molar-refractivity contribution is 0.00578. The first-order chi connectivity index (χ1) is 13.9. The Morgan fingerprint density at radius 1 is 0.793 bits per heavy atom. The second-order valence-corrected chi connectivity index (χ2v) is 10.6. The average molecular weight is 422 g/mol. The molecule has 0 saturated carbocycles. The lowest BCUT2D eigenvalue weighted by Crippen LogP contribution is -2.41. The molecule has 0 amide bonds. The molecule has 1 aliphatic rings. The van der Waals surface area contributed by atoms with Crippen LogP contribution in [0.25, 0.3) is 0 Å². The van der Waals surface area contributed by atoms with Crippen LogP contribution in [0.1, 0.15) is 104 Å². The summed E-state index contributed by atoms with van der Waals surface area (Å²) in [6.45, 7) is 12.4. The Balaban J connectivity index is 1.49. The van der Waals surface area contributed by atoms with Crippen LogP contribution < -0.4 is 4.78 Å². The molecule has 166 valence electrons. The first-order valence-electron chi connectivity index (χ1n) is 11.9. The van der Waals surface area contributed by atoms with Gasteiger partial charge in [0, 0.05) is 22.7 Å². The Kier molecular flexibility index (Phi) is 10.7. The molecular formula is C24H43BO3S. The minimum Gasteiger partial charge on any atom is -0.399 e. The van der Waals surface area contributed by atoms with Gasteiger partial charge in [-0.25, -0.2) is 0 Å². The van der Waals surface area contributed by atoms with Gasteiger partial charge in [-0.05, 0) is 40.2 Å². The highest BCUT2D eigenvalue weighted by Crippen LogP contribution is 2.37. The predicted octanol–water partition coefficient (Wildman–Crippen LogP) is 6.53. The third kappa shape index (κ3) is 8.36. The molecule has 1 fully saturated rings. The van der Waals surface area contributed by atoms with E-state index in [1.165, 1.54) is 69.1 Å². The molecule has 0 N–H and O–H groups in total. The van der Waals surface area contributed by atoms with Gasteiger partial charge in [0.25, 0.3) is 0 Å². The summed E-state index contributed by atoms with van der Waals surface area (Å²) in [5.41, 5.74) is -0.556. The second-order valence-electron chi connectivity index (χ2n) is 9.44. The highest BCUT2D eigenvalue weighted by Gasteiger charge is 2.52. The van der Waals surface area contributed by atoms with Gasteiger partial charge in [-0.1, -0.05) is 70.8 Å². The van der Waals surface area contributed by atoms with Crippen LogP contribution >= 0.6 is 11.3 Å². The molecule has 0 aromatic carbocycles. The molecule has 2 heterocycles. The zero-order chi connectivity index (χ0) is 21.2. The molecule has 2 rings (SSSR count). The first kappa shape index (κ1) is 24.9. The topological polar surface area (TPSA) is 27.7 Å². The van der Waals surface area contributed by atoms with Crippen LogP contribution in [0.3, 0.4) is 0 Å². The molecule has 1 aromatic rings. The van der Waals surface area contributed by atoms with E-state index in [1.807, 2.05) is 0 Å². The molecule has 1 saturated heterocycles. The minimum atomic E-state index is -0.278. The molecule has 1 aromatic heterocycles. The Labute approximate surface area is 184 Å². The van der Waals surface area contributed by atoms with Crippen molar-refractivity contribution in [1.29, 1.82) is 0 Å². The molecule has 3 nitrogen and oxygen atoms in total. The summed E-state index contributed by atoms with van der Waals surface area (Å²) in [5, 5.41) is 0. The molecule has 29 heavy (non-hydrogen) atoms. The Bertz CT molecular complexity index is 554. The van der Waals surface area contributed by atoms with Gasteiger partial charge in [-0.15, -0.1) is 11.3 Å². The fraction of sp³-hybridized carbons (Fsp3) is 0.833. The summed E-state index contributed by atoms with van der Waals surface area (Å²) in [6, 6.07) is 4.33. The van der Waals surface area contributed by atoms with Crippen molar-refractivity contribution in [2.45, 2.75) is 116 Å². The van der Waals surface area contributed by atoms with Crippen molar-refractivity contribution in [3.8, 4) is 0 Å². The third-order valence-electron chi connectivity index (χ3n) is 6.30. The molecule has 0 spiro atoms. The molecule has 1 aliphatic heterocycles. The highest BCUT2D eigenvalue weighted by atomic mass is 32.1. The summed E-state index contributed by atoms with van der Waals surface area (Å²) in [6.07, 6.45) is 14.7. The fourth-order valence-corrected chi connectivity index (χ4v) is 4.53. The van der Waals surface area contributed by atoms with E-state index in [9.17, 15) is 0 Å². The van der Waals surface area contributed by atoms with Crippen LogP contribution in [0.15, 0.2) is 12.1 Å². The van der Waals surface area contributed by atoms with E-state index in [1.54, 1.807) is 11.3 Å². The lowest BCUT2D eigenvalue weighted by Gasteiger charge is -2.32. The normalized spacial score (nSPS) is 17.9. The van der Waals surface area contributed by atoms with Crippen LogP contribution in [-0.2, 0) is 20.5 Å². The number of unbranched alkanes of at least 4 members (excludes halogenated alkanes) is 9. The van der Waals surface area contributed by atoms with Crippen LogP contribution in [-0.4, -0.2) is 31.5 Å². The van der Waals surface area contributed by atoms with Gasteiger partial charge in [0.15, 0.2) is 0 Å². The Morgan fingerprint density at radius 3 is 1.93 bits per heavy atom. The minimum absolute atomic E-state index is 0.244. The molecule has 0 unspecified atom stereocenters. The van der Waals surface area contributed by atoms with Gasteiger partial charge in [0.05, 0.1) is 17.8 Å². The van der Waals surface area contributed by atoms with Gasteiger partial charge in [0.2, 0.25) is 0 Å². The highest BCUT2D eigenvalue weighted by molar-refractivity contribution is 7.22. The van der Waals surface area contributed by atoms with E-state index in [0.29, 0.717) is 0 Å². The van der Waals surface area contributed by atoms with E-state index in [-0.39, 0.29) is 18.3 Å². The molecule has 0 radical (unpaired) electrons. The summed E-state index contributed by atoms with van der Waals surface area (Å²) in [7, 11) is -0.244. The average Bonchev–Trinajstić information content (AvgIpc) is 3.21. The van der Waals surface area contributed by atoms with Crippen LogP contribution in [0, 0.1) is 0 Å². The maximum Gasteiger partial charge on any atom is 0.505 e. The zero-order valence-electron chi connectivity index (χ0n) is 19.6. The standard InChI is InChI=1S/C24H43BO3S/c1-6-7-8-9-10-11-12-13-14-15-19-26-20-18-21-16-17-22(29-21)25-27-23(2,3)24(4,5)28-25/h16-17H,6-15,18-20H2,1-5H3. The number of hydrogen-bond acceptors (Lipinski definition) is 4. The van der Waals surface area contributed by atoms with Crippen molar-refractivity contribution in [2.75, 3.05) is 13.2 Å². The maximum absolute atomic E-state index is 6.14.